The molecule has 7 nitrogen and oxygen atoms in total. The van der Waals surface area contributed by atoms with Gasteiger partial charge < -0.3 is 16.2 Å². The van der Waals surface area contributed by atoms with E-state index in [1.54, 1.807) is 12.1 Å². The summed E-state index contributed by atoms with van der Waals surface area (Å²) in [6.45, 7) is 0.324. The van der Waals surface area contributed by atoms with E-state index in [4.69, 9.17) is 23.1 Å². The number of halogens is 1. The molecule has 36 heavy (non-hydrogen) atoms. The van der Waals surface area contributed by atoms with Crippen LogP contribution in [0.2, 0.25) is 0 Å². The number of carboxylic acids is 1. The largest absolute Gasteiger partial charge is 0.478 e. The Hall–Kier alpha value is -3.38. The zero-order chi connectivity index (χ0) is 25.8. The quantitative estimate of drug-likeness (QED) is 0.273. The predicted molar refractivity (Wildman–Crippen MR) is 144 cm³/mol. The molecule has 1 saturated heterocycles. The number of rotatable bonds is 8. The van der Waals surface area contributed by atoms with Gasteiger partial charge in [0.15, 0.2) is 0 Å². The molecule has 0 saturated carbocycles. The molecule has 0 spiro atoms. The van der Waals surface area contributed by atoms with Crippen LogP contribution in [0.4, 0.5) is 10.1 Å². The van der Waals surface area contributed by atoms with Crippen LogP contribution in [-0.2, 0) is 16.1 Å². The van der Waals surface area contributed by atoms with E-state index >= 15 is 0 Å². The number of nitrogens with one attached hydrogen (secondary N) is 1. The second-order valence-electron chi connectivity index (χ2n) is 7.76. The fraction of sp³-hybridized carbons (Fsp3) is 0.120. The molecule has 1 aliphatic heterocycles. The van der Waals surface area contributed by atoms with E-state index in [0.717, 1.165) is 16.0 Å². The first-order chi connectivity index (χ1) is 17.2. The van der Waals surface area contributed by atoms with Gasteiger partial charge >= 0.3 is 5.97 Å². The molecule has 184 valence electrons. The van der Waals surface area contributed by atoms with Gasteiger partial charge in [0, 0.05) is 30.1 Å². The van der Waals surface area contributed by atoms with Crippen LogP contribution in [-0.4, -0.2) is 38.7 Å². The molecule has 0 aliphatic carbocycles. The Morgan fingerprint density at radius 3 is 2.61 bits per heavy atom. The number of anilines is 1. The third-order valence-corrected chi connectivity index (χ3v) is 7.60. The van der Waals surface area contributed by atoms with Gasteiger partial charge in [0.05, 0.1) is 10.5 Å². The second-order valence-corrected chi connectivity index (χ2v) is 10.4. The van der Waals surface area contributed by atoms with Crippen LogP contribution in [0.25, 0.3) is 17.2 Å². The van der Waals surface area contributed by atoms with Crippen LogP contribution in [0, 0.1) is 5.82 Å². The molecular weight excluding hydrogens is 521 g/mol. The van der Waals surface area contributed by atoms with Crippen molar-refractivity contribution in [1.29, 1.82) is 0 Å². The van der Waals surface area contributed by atoms with E-state index < -0.39 is 5.97 Å². The molecule has 0 radical (unpaired) electrons. The summed E-state index contributed by atoms with van der Waals surface area (Å²) in [5.74, 6) is -2.00. The molecule has 0 bridgehead atoms. The van der Waals surface area contributed by atoms with Gasteiger partial charge in [-0.1, -0.05) is 30.0 Å². The molecule has 1 aromatic heterocycles. The lowest BCUT2D eigenvalue weighted by Gasteiger charge is -2.14. The van der Waals surface area contributed by atoms with Crippen molar-refractivity contribution < 1.29 is 23.9 Å². The number of thiocarbonyl (C=S) groups is 1. The average molecular weight is 542 g/mol. The van der Waals surface area contributed by atoms with E-state index in [-0.39, 0.29) is 42.7 Å². The van der Waals surface area contributed by atoms with Gasteiger partial charge in [-0.05, 0) is 70.6 Å². The SMILES string of the molecule is NCc1cc(F)ccc1-c1csc(/C=C2\SC(=S)N(CCC(=O)Nc3ccc(C(=O)O)cc3)C2=O)c1. The highest BCUT2D eigenvalue weighted by Crippen LogP contribution is 2.35. The molecule has 1 fully saturated rings. The number of carbonyl (C=O) groups excluding carboxylic acids is 2. The van der Waals surface area contributed by atoms with Crippen molar-refractivity contribution in [2.75, 3.05) is 11.9 Å². The Bertz CT molecular complexity index is 1390. The van der Waals surface area contributed by atoms with Crippen LogP contribution in [0.3, 0.4) is 0 Å². The summed E-state index contributed by atoms with van der Waals surface area (Å²) in [4.78, 5) is 38.8. The van der Waals surface area contributed by atoms with Crippen molar-refractivity contribution >= 4 is 69.2 Å². The lowest BCUT2D eigenvalue weighted by atomic mass is 10.0. The number of carbonyl (C=O) groups is 3. The number of aromatic carboxylic acids is 1. The molecule has 4 N–H and O–H groups in total. The monoisotopic (exact) mass is 541 g/mol. The molecule has 1 aliphatic rings. The Kier molecular flexibility index (Phi) is 7.94. The molecule has 0 unspecified atom stereocenters. The Morgan fingerprint density at radius 1 is 1.17 bits per heavy atom. The zero-order valence-electron chi connectivity index (χ0n) is 18.7. The van der Waals surface area contributed by atoms with Gasteiger partial charge in [-0.2, -0.15) is 0 Å². The summed E-state index contributed by atoms with van der Waals surface area (Å²) in [5.41, 5.74) is 8.76. The average Bonchev–Trinajstić information content (AvgIpc) is 3.42. The Balaban J connectivity index is 1.39. The van der Waals surface area contributed by atoms with Gasteiger partial charge in [0.25, 0.3) is 5.91 Å². The van der Waals surface area contributed by atoms with Crippen molar-refractivity contribution in [1.82, 2.24) is 4.90 Å². The maximum absolute atomic E-state index is 13.5. The summed E-state index contributed by atoms with van der Waals surface area (Å²) < 4.78 is 13.9. The number of amides is 2. The molecule has 2 aromatic carbocycles. The number of benzene rings is 2. The maximum Gasteiger partial charge on any atom is 0.335 e. The summed E-state index contributed by atoms with van der Waals surface area (Å²) in [5, 5.41) is 13.6. The molecule has 3 aromatic rings. The van der Waals surface area contributed by atoms with Crippen LogP contribution in [0.1, 0.15) is 27.2 Å². The Morgan fingerprint density at radius 2 is 1.92 bits per heavy atom. The first-order valence-electron chi connectivity index (χ1n) is 10.7. The number of hydrogen-bond acceptors (Lipinski definition) is 7. The fourth-order valence-electron chi connectivity index (χ4n) is 3.54. The topological polar surface area (TPSA) is 113 Å². The summed E-state index contributed by atoms with van der Waals surface area (Å²) >= 11 is 7.96. The van der Waals surface area contributed by atoms with Gasteiger partial charge in [-0.3, -0.25) is 14.5 Å². The summed E-state index contributed by atoms with van der Waals surface area (Å²) in [6, 6.07) is 12.2. The van der Waals surface area contributed by atoms with Crippen LogP contribution < -0.4 is 11.1 Å². The molecular formula is C25H20FN3O4S3. The van der Waals surface area contributed by atoms with E-state index in [1.807, 2.05) is 11.4 Å². The zero-order valence-corrected chi connectivity index (χ0v) is 21.1. The minimum atomic E-state index is -1.05. The third-order valence-electron chi connectivity index (χ3n) is 5.34. The fourth-order valence-corrected chi connectivity index (χ4v) is 5.75. The van der Waals surface area contributed by atoms with Crippen LogP contribution >= 0.6 is 35.3 Å². The Labute approximate surface area is 219 Å². The van der Waals surface area contributed by atoms with E-state index in [1.165, 1.54) is 64.4 Å². The molecule has 4 rings (SSSR count). The van der Waals surface area contributed by atoms with Crippen molar-refractivity contribution in [2.45, 2.75) is 13.0 Å². The molecule has 0 atom stereocenters. The standard InChI is InChI=1S/C25H20FN3O4S3/c26-17-3-6-20(15(9-17)12-27)16-10-19(35-13-16)11-21-23(31)29(25(34)36-21)8-7-22(30)28-18-4-1-14(2-5-18)24(32)33/h1-6,9-11,13H,7-8,12,27H2,(H,28,30)(H,32,33)/b21-11-. The van der Waals surface area contributed by atoms with Crippen molar-refractivity contribution in [3.8, 4) is 11.1 Å². The van der Waals surface area contributed by atoms with E-state index in [2.05, 4.69) is 5.32 Å². The number of thiophene rings is 1. The lowest BCUT2D eigenvalue weighted by molar-refractivity contribution is -0.122. The number of nitrogens with zero attached hydrogens (tertiary/aromatic N) is 1. The first-order valence-corrected chi connectivity index (χ1v) is 12.8. The summed E-state index contributed by atoms with van der Waals surface area (Å²) in [6.07, 6.45) is 1.78. The van der Waals surface area contributed by atoms with Gasteiger partial charge in [-0.25, -0.2) is 9.18 Å². The third kappa shape index (κ3) is 5.88. The first kappa shape index (κ1) is 25.7. The normalized spacial score (nSPS) is 14.5. The van der Waals surface area contributed by atoms with Crippen molar-refractivity contribution in [3.63, 3.8) is 0 Å². The number of thioether (sulfide) groups is 1. The minimum Gasteiger partial charge on any atom is -0.478 e. The van der Waals surface area contributed by atoms with Crippen molar-refractivity contribution in [2.24, 2.45) is 5.73 Å². The molecule has 2 amide bonds. The molecule has 11 heteroatoms. The highest BCUT2D eigenvalue weighted by atomic mass is 32.2. The van der Waals surface area contributed by atoms with Gasteiger partial charge in [0.1, 0.15) is 10.1 Å². The number of carboxylic acid groups (broad SMARTS) is 1. The van der Waals surface area contributed by atoms with Gasteiger partial charge in [-0.15, -0.1) is 11.3 Å². The highest BCUT2D eigenvalue weighted by molar-refractivity contribution is 8.26. The highest BCUT2D eigenvalue weighted by Gasteiger charge is 2.32. The maximum atomic E-state index is 13.5. The number of hydrogen-bond donors (Lipinski definition) is 3. The van der Waals surface area contributed by atoms with Crippen molar-refractivity contribution in [3.05, 3.63) is 80.6 Å². The smallest absolute Gasteiger partial charge is 0.335 e. The van der Waals surface area contributed by atoms with Crippen LogP contribution in [0.5, 0.6) is 0 Å². The second kappa shape index (κ2) is 11.1. The van der Waals surface area contributed by atoms with Gasteiger partial charge in [0.2, 0.25) is 5.91 Å². The van der Waals surface area contributed by atoms with Crippen LogP contribution in [0.15, 0.2) is 58.8 Å². The minimum absolute atomic E-state index is 0.0238. The summed E-state index contributed by atoms with van der Waals surface area (Å²) in [7, 11) is 0. The molecule has 2 heterocycles. The lowest BCUT2D eigenvalue weighted by Crippen LogP contribution is -2.31. The van der Waals surface area contributed by atoms with E-state index in [0.29, 0.717) is 20.5 Å². The number of nitrogens with two attached hydrogens (primary N) is 1. The predicted octanol–water partition coefficient (Wildman–Crippen LogP) is 4.94. The van der Waals surface area contributed by atoms with E-state index in [9.17, 15) is 18.8 Å².